The molecule has 4 nitrogen and oxygen atoms in total. The second-order valence-electron chi connectivity index (χ2n) is 6.39. The maximum Gasteiger partial charge on any atom is 0.243 e. The molecule has 1 aliphatic heterocycles. The van der Waals surface area contributed by atoms with E-state index in [0.717, 1.165) is 18.4 Å². The maximum atomic E-state index is 12.7. The van der Waals surface area contributed by atoms with E-state index >= 15 is 0 Å². The van der Waals surface area contributed by atoms with Gasteiger partial charge in [0.2, 0.25) is 10.0 Å². The first kappa shape index (κ1) is 18.1. The zero-order valence-electron chi connectivity index (χ0n) is 14.1. The van der Waals surface area contributed by atoms with Crippen LogP contribution in [0.1, 0.15) is 25.3 Å². The van der Waals surface area contributed by atoms with Crippen LogP contribution in [0.4, 0.5) is 5.69 Å². The molecule has 3 rings (SSSR count). The van der Waals surface area contributed by atoms with Crippen LogP contribution in [0.25, 0.3) is 0 Å². The Morgan fingerprint density at radius 3 is 2.44 bits per heavy atom. The van der Waals surface area contributed by atoms with Gasteiger partial charge in [0.05, 0.1) is 10.6 Å². The van der Waals surface area contributed by atoms with Gasteiger partial charge < -0.3 is 0 Å². The lowest BCUT2D eigenvalue weighted by Gasteiger charge is -2.29. The van der Waals surface area contributed by atoms with Gasteiger partial charge >= 0.3 is 0 Å². The molecule has 0 N–H and O–H groups in total. The third-order valence-corrected chi connectivity index (χ3v) is 6.58. The highest BCUT2D eigenvalue weighted by Crippen LogP contribution is 2.25. The van der Waals surface area contributed by atoms with Crippen LogP contribution < -0.4 is 0 Å². The van der Waals surface area contributed by atoms with Crippen LogP contribution in [-0.2, 0) is 10.0 Å². The Labute approximate surface area is 154 Å². The summed E-state index contributed by atoms with van der Waals surface area (Å²) in [7, 11) is -3.41. The van der Waals surface area contributed by atoms with Crippen molar-refractivity contribution in [2.75, 3.05) is 13.1 Å². The van der Waals surface area contributed by atoms with E-state index in [0.29, 0.717) is 34.6 Å². The van der Waals surface area contributed by atoms with Crippen LogP contribution in [0.15, 0.2) is 58.4 Å². The lowest BCUT2D eigenvalue weighted by Crippen LogP contribution is -2.37. The van der Waals surface area contributed by atoms with Gasteiger partial charge in [0.1, 0.15) is 0 Å². The number of hydrogen-bond acceptors (Lipinski definition) is 3. The molecule has 0 unspecified atom stereocenters. The molecule has 2 aromatic carbocycles. The Hall–Kier alpha value is -1.69. The lowest BCUT2D eigenvalue weighted by atomic mass is 10.0. The van der Waals surface area contributed by atoms with Crippen LogP contribution >= 0.6 is 11.6 Å². The molecule has 0 spiro atoms. The van der Waals surface area contributed by atoms with E-state index in [9.17, 15) is 8.42 Å². The van der Waals surface area contributed by atoms with E-state index in [2.05, 4.69) is 11.9 Å². The molecule has 0 bridgehead atoms. The maximum absolute atomic E-state index is 12.7. The summed E-state index contributed by atoms with van der Waals surface area (Å²) in [6.45, 7) is 3.35. The van der Waals surface area contributed by atoms with Crippen LogP contribution in [0.3, 0.4) is 0 Å². The van der Waals surface area contributed by atoms with Crippen molar-refractivity contribution in [1.29, 1.82) is 0 Å². The Bertz CT molecular complexity index is 855. The Kier molecular flexibility index (Phi) is 5.57. The molecular weight excluding hydrogens is 356 g/mol. The Morgan fingerprint density at radius 2 is 1.80 bits per heavy atom. The monoisotopic (exact) mass is 376 g/mol. The second kappa shape index (κ2) is 7.68. The number of rotatable bonds is 4. The van der Waals surface area contributed by atoms with Crippen molar-refractivity contribution in [1.82, 2.24) is 4.31 Å². The molecule has 1 heterocycles. The molecule has 0 atom stereocenters. The third-order valence-electron chi connectivity index (χ3n) is 4.43. The number of piperidine rings is 1. The summed E-state index contributed by atoms with van der Waals surface area (Å²) in [5.74, 6) is 0.592. The van der Waals surface area contributed by atoms with Gasteiger partial charge in [-0.25, -0.2) is 8.42 Å². The molecule has 0 amide bonds. The third kappa shape index (κ3) is 4.48. The predicted octanol–water partition coefficient (Wildman–Crippen LogP) is 4.51. The van der Waals surface area contributed by atoms with Crippen LogP contribution in [0.2, 0.25) is 5.02 Å². The van der Waals surface area contributed by atoms with Gasteiger partial charge in [-0.15, -0.1) is 0 Å². The van der Waals surface area contributed by atoms with Gasteiger partial charge in [-0.1, -0.05) is 30.7 Å². The summed E-state index contributed by atoms with van der Waals surface area (Å²) in [4.78, 5) is 4.69. The van der Waals surface area contributed by atoms with Crippen LogP contribution in [-0.4, -0.2) is 32.0 Å². The minimum absolute atomic E-state index is 0.323. The van der Waals surface area contributed by atoms with Crippen molar-refractivity contribution in [2.45, 2.75) is 24.7 Å². The van der Waals surface area contributed by atoms with Crippen molar-refractivity contribution in [3.63, 3.8) is 0 Å². The van der Waals surface area contributed by atoms with Crippen molar-refractivity contribution in [2.24, 2.45) is 10.9 Å². The average Bonchev–Trinajstić information content (AvgIpc) is 2.61. The minimum Gasteiger partial charge on any atom is -0.256 e. The molecule has 2 aromatic rings. The van der Waals surface area contributed by atoms with Crippen LogP contribution in [0, 0.1) is 5.92 Å². The molecule has 1 saturated heterocycles. The molecular formula is C19H21ClN2O2S. The Balaban J connectivity index is 1.73. The van der Waals surface area contributed by atoms with E-state index in [1.165, 1.54) is 0 Å². The minimum atomic E-state index is -3.41. The van der Waals surface area contributed by atoms with Gasteiger partial charge in [0.15, 0.2) is 0 Å². The second-order valence-corrected chi connectivity index (χ2v) is 8.77. The first-order chi connectivity index (χ1) is 11.9. The van der Waals surface area contributed by atoms with Gasteiger partial charge in [0.25, 0.3) is 0 Å². The van der Waals surface area contributed by atoms with E-state index in [4.69, 9.17) is 11.6 Å². The molecule has 0 saturated carbocycles. The summed E-state index contributed by atoms with van der Waals surface area (Å²) < 4.78 is 27.0. The molecule has 1 aliphatic rings. The molecule has 25 heavy (non-hydrogen) atoms. The van der Waals surface area contributed by atoms with E-state index < -0.39 is 10.0 Å². The summed E-state index contributed by atoms with van der Waals surface area (Å²) in [6, 6.07) is 14.1. The molecule has 0 aliphatic carbocycles. The zero-order chi connectivity index (χ0) is 17.9. The van der Waals surface area contributed by atoms with Crippen molar-refractivity contribution in [3.8, 4) is 0 Å². The topological polar surface area (TPSA) is 49.7 Å². The summed E-state index contributed by atoms with van der Waals surface area (Å²) >= 11 is 5.95. The zero-order valence-corrected chi connectivity index (χ0v) is 15.7. The van der Waals surface area contributed by atoms with E-state index in [-0.39, 0.29) is 0 Å². The predicted molar refractivity (Wildman–Crippen MR) is 102 cm³/mol. The standard InChI is InChI=1S/C19H21ClN2O2S/c1-15-9-11-22(12-10-15)25(23,24)19-7-5-18(6-8-19)21-14-16-3-2-4-17(20)13-16/h2-8,13-15H,9-12H2,1H3. The van der Waals surface area contributed by atoms with E-state index in [1.54, 1.807) is 40.9 Å². The fourth-order valence-electron chi connectivity index (χ4n) is 2.81. The van der Waals surface area contributed by atoms with Gasteiger partial charge in [0, 0.05) is 24.3 Å². The molecule has 0 radical (unpaired) electrons. The SMILES string of the molecule is CC1CCN(S(=O)(=O)c2ccc(N=Cc3cccc(Cl)c3)cc2)CC1. The van der Waals surface area contributed by atoms with Gasteiger partial charge in [-0.2, -0.15) is 4.31 Å². The molecule has 132 valence electrons. The summed E-state index contributed by atoms with van der Waals surface area (Å²) in [6.07, 6.45) is 3.55. The number of nitrogens with zero attached hydrogens (tertiary/aromatic N) is 2. The number of halogens is 1. The number of aliphatic imine (C=N–C) groups is 1. The highest BCUT2D eigenvalue weighted by Gasteiger charge is 2.27. The van der Waals surface area contributed by atoms with Crippen molar-refractivity contribution >= 4 is 33.5 Å². The van der Waals surface area contributed by atoms with E-state index in [1.807, 2.05) is 18.2 Å². The quantitative estimate of drug-likeness (QED) is 0.737. The normalized spacial score (nSPS) is 17.2. The fourth-order valence-corrected chi connectivity index (χ4v) is 4.48. The number of hydrogen-bond donors (Lipinski definition) is 0. The molecule has 0 aromatic heterocycles. The fraction of sp³-hybridized carbons (Fsp3) is 0.316. The van der Waals surface area contributed by atoms with Gasteiger partial charge in [-0.3, -0.25) is 4.99 Å². The largest absolute Gasteiger partial charge is 0.256 e. The lowest BCUT2D eigenvalue weighted by molar-refractivity contribution is 0.288. The Morgan fingerprint density at radius 1 is 1.12 bits per heavy atom. The van der Waals surface area contributed by atoms with Crippen LogP contribution in [0.5, 0.6) is 0 Å². The first-order valence-corrected chi connectivity index (χ1v) is 10.2. The first-order valence-electron chi connectivity index (χ1n) is 8.35. The smallest absolute Gasteiger partial charge is 0.243 e. The number of sulfonamides is 1. The molecule has 1 fully saturated rings. The van der Waals surface area contributed by atoms with Gasteiger partial charge in [-0.05, 0) is 60.7 Å². The highest BCUT2D eigenvalue weighted by atomic mass is 35.5. The summed E-state index contributed by atoms with van der Waals surface area (Å²) in [5.41, 5.74) is 1.60. The van der Waals surface area contributed by atoms with Crippen molar-refractivity contribution in [3.05, 3.63) is 59.1 Å². The molecule has 6 heteroatoms. The number of benzene rings is 2. The summed E-state index contributed by atoms with van der Waals surface area (Å²) in [5, 5.41) is 0.654. The average molecular weight is 377 g/mol. The highest BCUT2D eigenvalue weighted by molar-refractivity contribution is 7.89. The van der Waals surface area contributed by atoms with Crippen molar-refractivity contribution < 1.29 is 8.42 Å².